The van der Waals surface area contributed by atoms with E-state index < -0.39 is 0 Å². The molecule has 1 saturated carbocycles. The third-order valence-electron chi connectivity index (χ3n) is 3.44. The molecule has 1 heterocycles. The third kappa shape index (κ3) is 2.67. The molecule has 0 radical (unpaired) electrons. The lowest BCUT2D eigenvalue weighted by Gasteiger charge is -2.26. The van der Waals surface area contributed by atoms with Gasteiger partial charge in [0.15, 0.2) is 0 Å². The van der Waals surface area contributed by atoms with Gasteiger partial charge in [0.05, 0.1) is 23.4 Å². The molecule has 0 saturated heterocycles. The third-order valence-corrected chi connectivity index (χ3v) is 3.96. The van der Waals surface area contributed by atoms with Crippen molar-refractivity contribution in [3.8, 4) is 0 Å². The molecule has 3 rings (SSSR count). The summed E-state index contributed by atoms with van der Waals surface area (Å²) in [5.41, 5.74) is 7.59. The molecule has 20 heavy (non-hydrogen) atoms. The highest BCUT2D eigenvalue weighted by Crippen LogP contribution is 2.37. The summed E-state index contributed by atoms with van der Waals surface area (Å²) < 4.78 is 5.46. The van der Waals surface area contributed by atoms with E-state index in [-0.39, 0.29) is 0 Å². The number of rotatable bonds is 5. The number of hydrogen-bond donors (Lipinski definition) is 1. The number of benzene rings is 1. The Balaban J connectivity index is 1.99. The maximum Gasteiger partial charge on any atom is 0.123 e. The summed E-state index contributed by atoms with van der Waals surface area (Å²) in [6, 6.07) is 10.1. The summed E-state index contributed by atoms with van der Waals surface area (Å²) in [7, 11) is 0. The van der Waals surface area contributed by atoms with Crippen molar-refractivity contribution in [2.75, 3.05) is 4.90 Å². The highest BCUT2D eigenvalue weighted by atomic mass is 35.5. The first-order valence-electron chi connectivity index (χ1n) is 6.54. The van der Waals surface area contributed by atoms with E-state index in [4.69, 9.17) is 34.0 Å². The molecule has 0 spiro atoms. The highest BCUT2D eigenvalue weighted by molar-refractivity contribution is 7.80. The van der Waals surface area contributed by atoms with Crippen molar-refractivity contribution in [3.05, 3.63) is 52.9 Å². The Hall–Kier alpha value is -1.52. The van der Waals surface area contributed by atoms with Gasteiger partial charge in [0.25, 0.3) is 0 Å². The van der Waals surface area contributed by atoms with Gasteiger partial charge < -0.3 is 15.1 Å². The predicted octanol–water partition coefficient (Wildman–Crippen LogP) is 3.74. The van der Waals surface area contributed by atoms with Crippen molar-refractivity contribution in [2.45, 2.75) is 25.4 Å². The number of thiocarbonyl (C=S) groups is 1. The molecule has 1 fully saturated rings. The number of nitrogens with two attached hydrogens (primary N) is 1. The van der Waals surface area contributed by atoms with E-state index in [0.29, 0.717) is 22.6 Å². The molecular formula is C15H15ClN2OS. The highest BCUT2D eigenvalue weighted by Gasteiger charge is 2.31. The Labute approximate surface area is 128 Å². The zero-order valence-corrected chi connectivity index (χ0v) is 12.5. The summed E-state index contributed by atoms with van der Waals surface area (Å²) in [5, 5.41) is 0.597. The second-order valence-electron chi connectivity index (χ2n) is 4.94. The topological polar surface area (TPSA) is 42.4 Å². The van der Waals surface area contributed by atoms with Crippen LogP contribution >= 0.6 is 23.8 Å². The fourth-order valence-electron chi connectivity index (χ4n) is 2.36. The number of furan rings is 1. The molecule has 2 aromatic rings. The van der Waals surface area contributed by atoms with Crippen molar-refractivity contribution in [3.63, 3.8) is 0 Å². The van der Waals surface area contributed by atoms with Crippen LogP contribution in [-0.4, -0.2) is 11.0 Å². The first-order chi connectivity index (χ1) is 9.66. The SMILES string of the molecule is NC(=S)c1c(Cl)cccc1N(Cc1ccco1)C1CC1. The van der Waals surface area contributed by atoms with Crippen molar-refractivity contribution in [2.24, 2.45) is 5.73 Å². The summed E-state index contributed by atoms with van der Waals surface area (Å²) in [4.78, 5) is 2.61. The number of halogens is 1. The maximum atomic E-state index is 6.26. The minimum Gasteiger partial charge on any atom is -0.467 e. The quantitative estimate of drug-likeness (QED) is 0.855. The summed E-state index contributed by atoms with van der Waals surface area (Å²) in [5.74, 6) is 0.922. The van der Waals surface area contributed by atoms with E-state index in [9.17, 15) is 0 Å². The predicted molar refractivity (Wildman–Crippen MR) is 85.3 cm³/mol. The monoisotopic (exact) mass is 306 g/mol. The molecule has 0 atom stereocenters. The van der Waals surface area contributed by atoms with Crippen molar-refractivity contribution >= 4 is 34.5 Å². The fraction of sp³-hybridized carbons (Fsp3) is 0.267. The second-order valence-corrected chi connectivity index (χ2v) is 5.78. The Morgan fingerprint density at radius 3 is 2.75 bits per heavy atom. The number of anilines is 1. The van der Waals surface area contributed by atoms with Gasteiger partial charge in [0.2, 0.25) is 0 Å². The van der Waals surface area contributed by atoms with E-state index in [0.717, 1.165) is 17.0 Å². The molecule has 1 aromatic heterocycles. The van der Waals surface area contributed by atoms with Gasteiger partial charge in [-0.2, -0.15) is 0 Å². The van der Waals surface area contributed by atoms with E-state index in [1.807, 2.05) is 30.3 Å². The second kappa shape index (κ2) is 5.46. The van der Waals surface area contributed by atoms with Crippen LogP contribution in [0.2, 0.25) is 5.02 Å². The lowest BCUT2D eigenvalue weighted by molar-refractivity contribution is 0.501. The Morgan fingerprint density at radius 1 is 1.35 bits per heavy atom. The van der Waals surface area contributed by atoms with Crippen LogP contribution in [0.15, 0.2) is 41.0 Å². The molecule has 0 amide bonds. The van der Waals surface area contributed by atoms with Crippen LogP contribution in [0.4, 0.5) is 5.69 Å². The smallest absolute Gasteiger partial charge is 0.123 e. The largest absolute Gasteiger partial charge is 0.467 e. The zero-order chi connectivity index (χ0) is 14.1. The first kappa shape index (κ1) is 13.5. The van der Waals surface area contributed by atoms with Crippen LogP contribution in [0.3, 0.4) is 0 Å². The average Bonchev–Trinajstić information content (AvgIpc) is 3.12. The molecule has 1 aliphatic rings. The van der Waals surface area contributed by atoms with Crippen LogP contribution in [0.25, 0.3) is 0 Å². The van der Waals surface area contributed by atoms with Crippen molar-refractivity contribution < 1.29 is 4.42 Å². The summed E-state index contributed by atoms with van der Waals surface area (Å²) in [6.07, 6.45) is 4.03. The van der Waals surface area contributed by atoms with E-state index in [1.165, 1.54) is 12.8 Å². The molecule has 0 bridgehead atoms. The van der Waals surface area contributed by atoms with E-state index in [2.05, 4.69) is 4.90 Å². The van der Waals surface area contributed by atoms with Crippen LogP contribution in [-0.2, 0) is 6.54 Å². The Morgan fingerprint density at radius 2 is 2.15 bits per heavy atom. The number of nitrogens with zero attached hydrogens (tertiary/aromatic N) is 1. The van der Waals surface area contributed by atoms with Gasteiger partial charge in [-0.15, -0.1) is 0 Å². The Bertz CT molecular complexity index is 623. The summed E-state index contributed by atoms with van der Waals surface area (Å²) in [6.45, 7) is 0.702. The van der Waals surface area contributed by atoms with Gasteiger partial charge >= 0.3 is 0 Å². The van der Waals surface area contributed by atoms with Crippen LogP contribution in [0.5, 0.6) is 0 Å². The normalized spacial score (nSPS) is 14.2. The molecule has 0 unspecified atom stereocenters. The van der Waals surface area contributed by atoms with Gasteiger partial charge in [-0.1, -0.05) is 29.9 Å². The van der Waals surface area contributed by atoms with Gasteiger partial charge in [0.1, 0.15) is 10.7 Å². The standard InChI is InChI=1S/C15H15ClN2OS/c16-12-4-1-5-13(14(12)15(17)20)18(10-6-7-10)9-11-3-2-8-19-11/h1-5,8,10H,6-7,9H2,(H2,17,20). The van der Waals surface area contributed by atoms with E-state index in [1.54, 1.807) is 6.26 Å². The first-order valence-corrected chi connectivity index (χ1v) is 7.33. The van der Waals surface area contributed by atoms with Gasteiger partial charge in [0, 0.05) is 11.7 Å². The number of hydrogen-bond acceptors (Lipinski definition) is 3. The van der Waals surface area contributed by atoms with Crippen molar-refractivity contribution in [1.29, 1.82) is 0 Å². The minimum absolute atomic E-state index is 0.329. The molecule has 5 heteroatoms. The van der Waals surface area contributed by atoms with Gasteiger partial charge in [-0.3, -0.25) is 0 Å². The average molecular weight is 307 g/mol. The zero-order valence-electron chi connectivity index (χ0n) is 10.9. The molecule has 0 aliphatic heterocycles. The van der Waals surface area contributed by atoms with Crippen LogP contribution < -0.4 is 10.6 Å². The minimum atomic E-state index is 0.329. The van der Waals surface area contributed by atoms with E-state index >= 15 is 0 Å². The van der Waals surface area contributed by atoms with Crippen LogP contribution in [0, 0.1) is 0 Å². The molecule has 3 nitrogen and oxygen atoms in total. The molecule has 2 N–H and O–H groups in total. The summed E-state index contributed by atoms with van der Waals surface area (Å²) >= 11 is 11.4. The fourth-order valence-corrected chi connectivity index (χ4v) is 2.91. The lowest BCUT2D eigenvalue weighted by atomic mass is 10.1. The lowest BCUT2D eigenvalue weighted by Crippen LogP contribution is -2.28. The van der Waals surface area contributed by atoms with Gasteiger partial charge in [-0.25, -0.2) is 0 Å². The van der Waals surface area contributed by atoms with Gasteiger partial charge in [-0.05, 0) is 37.1 Å². The molecular weight excluding hydrogens is 292 g/mol. The van der Waals surface area contributed by atoms with Crippen molar-refractivity contribution in [1.82, 2.24) is 0 Å². The Kier molecular flexibility index (Phi) is 3.68. The molecule has 1 aliphatic carbocycles. The van der Waals surface area contributed by atoms with Crippen LogP contribution in [0.1, 0.15) is 24.2 Å². The molecule has 104 valence electrons. The molecule has 1 aromatic carbocycles. The maximum absolute atomic E-state index is 6.26.